The van der Waals surface area contributed by atoms with Gasteiger partial charge in [0.2, 0.25) is 0 Å². The van der Waals surface area contributed by atoms with E-state index < -0.39 is 0 Å². The highest BCUT2D eigenvalue weighted by atomic mass is 32.1. The van der Waals surface area contributed by atoms with Gasteiger partial charge in [-0.15, -0.1) is 0 Å². The number of rotatable bonds is 5. The molecule has 0 unspecified atom stereocenters. The number of likely N-dealkylation sites (N-methyl/N-ethyl adjacent to an activating group) is 1. The summed E-state index contributed by atoms with van der Waals surface area (Å²) in [7, 11) is 2.07. The van der Waals surface area contributed by atoms with Crippen LogP contribution >= 0.6 is 12.2 Å². The van der Waals surface area contributed by atoms with E-state index in [4.69, 9.17) is 18.0 Å². The summed E-state index contributed by atoms with van der Waals surface area (Å²) in [6.07, 6.45) is 2.75. The van der Waals surface area contributed by atoms with Gasteiger partial charge in [0.25, 0.3) is 0 Å². The number of hydrogen-bond donors (Lipinski definition) is 1. The molecule has 1 aromatic heterocycles. The molecule has 4 heteroatoms. The second-order valence-corrected chi connectivity index (χ2v) is 4.84. The van der Waals surface area contributed by atoms with Gasteiger partial charge >= 0.3 is 0 Å². The van der Waals surface area contributed by atoms with Crippen LogP contribution in [0.15, 0.2) is 48.7 Å². The normalized spacial score (nSPS) is 10.2. The average Bonchev–Trinajstić information content (AvgIpc) is 2.46. The molecular weight excluding hydrogens is 254 g/mol. The Labute approximate surface area is 119 Å². The second-order valence-electron chi connectivity index (χ2n) is 4.40. The number of hydrogen-bond acceptors (Lipinski definition) is 3. The van der Waals surface area contributed by atoms with Crippen molar-refractivity contribution in [3.05, 3.63) is 59.9 Å². The van der Waals surface area contributed by atoms with E-state index in [0.717, 1.165) is 29.9 Å². The van der Waals surface area contributed by atoms with Gasteiger partial charge in [0.1, 0.15) is 4.99 Å². The number of benzene rings is 1. The van der Waals surface area contributed by atoms with Crippen LogP contribution in [0.25, 0.3) is 0 Å². The Morgan fingerprint density at radius 2 is 1.95 bits per heavy atom. The number of nitrogens with zero attached hydrogens (tertiary/aromatic N) is 2. The molecule has 0 aliphatic carbocycles. The van der Waals surface area contributed by atoms with Crippen LogP contribution in [-0.4, -0.2) is 23.6 Å². The first-order valence-corrected chi connectivity index (χ1v) is 6.58. The van der Waals surface area contributed by atoms with Crippen molar-refractivity contribution in [1.82, 2.24) is 4.98 Å². The van der Waals surface area contributed by atoms with Crippen molar-refractivity contribution in [2.45, 2.75) is 6.42 Å². The maximum absolute atomic E-state index is 5.58. The van der Waals surface area contributed by atoms with Crippen LogP contribution in [0.2, 0.25) is 0 Å². The predicted molar refractivity (Wildman–Crippen MR) is 83.5 cm³/mol. The SMILES string of the molecule is CN(CCc1ccccn1)c1ccc(C(N)=S)cc1. The van der Waals surface area contributed by atoms with E-state index >= 15 is 0 Å². The molecule has 0 saturated heterocycles. The summed E-state index contributed by atoms with van der Waals surface area (Å²) in [6.45, 7) is 0.920. The Bertz CT molecular complexity index is 537. The monoisotopic (exact) mass is 271 g/mol. The van der Waals surface area contributed by atoms with E-state index in [1.54, 1.807) is 0 Å². The van der Waals surface area contributed by atoms with Gasteiger partial charge in [-0.05, 0) is 36.4 Å². The zero-order chi connectivity index (χ0) is 13.7. The minimum Gasteiger partial charge on any atom is -0.389 e. The topological polar surface area (TPSA) is 42.2 Å². The Balaban J connectivity index is 1.96. The first kappa shape index (κ1) is 13.5. The van der Waals surface area contributed by atoms with Crippen molar-refractivity contribution >= 4 is 22.9 Å². The molecule has 0 saturated carbocycles. The van der Waals surface area contributed by atoms with Crippen molar-refractivity contribution in [2.75, 3.05) is 18.5 Å². The molecular formula is C15H17N3S. The molecule has 3 nitrogen and oxygen atoms in total. The van der Waals surface area contributed by atoms with E-state index in [0.29, 0.717) is 4.99 Å². The van der Waals surface area contributed by atoms with Gasteiger partial charge in [-0.2, -0.15) is 0 Å². The molecule has 0 fully saturated rings. The summed E-state index contributed by atoms with van der Waals surface area (Å²) < 4.78 is 0. The summed E-state index contributed by atoms with van der Waals surface area (Å²) in [6, 6.07) is 14.0. The van der Waals surface area contributed by atoms with E-state index in [2.05, 4.69) is 16.9 Å². The highest BCUT2D eigenvalue weighted by molar-refractivity contribution is 7.80. The van der Waals surface area contributed by atoms with Gasteiger partial charge in [-0.25, -0.2) is 0 Å². The molecule has 1 aromatic carbocycles. The number of thiocarbonyl (C=S) groups is 1. The summed E-state index contributed by atoms with van der Waals surface area (Å²) in [4.78, 5) is 6.95. The van der Waals surface area contributed by atoms with Gasteiger partial charge < -0.3 is 10.6 Å². The summed E-state index contributed by atoms with van der Waals surface area (Å²) >= 11 is 4.94. The van der Waals surface area contributed by atoms with E-state index in [1.165, 1.54) is 0 Å². The summed E-state index contributed by atoms with van der Waals surface area (Å²) in [5.41, 5.74) is 8.74. The van der Waals surface area contributed by atoms with Crippen LogP contribution in [0.1, 0.15) is 11.3 Å². The third-order valence-electron chi connectivity index (χ3n) is 3.02. The molecule has 0 radical (unpaired) electrons. The number of aromatic nitrogens is 1. The smallest absolute Gasteiger partial charge is 0.103 e. The minimum absolute atomic E-state index is 0.433. The van der Waals surface area contributed by atoms with Crippen molar-refractivity contribution in [3.8, 4) is 0 Å². The summed E-state index contributed by atoms with van der Waals surface area (Å²) in [5, 5.41) is 0. The van der Waals surface area contributed by atoms with E-state index in [9.17, 15) is 0 Å². The van der Waals surface area contributed by atoms with Crippen LogP contribution in [-0.2, 0) is 6.42 Å². The molecule has 0 spiro atoms. The largest absolute Gasteiger partial charge is 0.389 e. The molecule has 0 aliphatic heterocycles. The minimum atomic E-state index is 0.433. The molecule has 2 N–H and O–H groups in total. The maximum atomic E-state index is 5.58. The quantitative estimate of drug-likeness (QED) is 0.848. The molecule has 2 aromatic rings. The molecule has 0 aliphatic rings. The Kier molecular flexibility index (Phi) is 4.47. The predicted octanol–water partition coefficient (Wildman–Crippen LogP) is 2.39. The van der Waals surface area contributed by atoms with Gasteiger partial charge in [0, 0.05) is 43.2 Å². The van der Waals surface area contributed by atoms with Crippen molar-refractivity contribution < 1.29 is 0 Å². The standard InChI is InChI=1S/C15H17N3S/c1-18(11-9-13-4-2-3-10-17-13)14-7-5-12(6-8-14)15(16)19/h2-8,10H,9,11H2,1H3,(H2,16,19). The van der Waals surface area contributed by atoms with Gasteiger partial charge in [-0.3, -0.25) is 4.98 Å². The first-order valence-electron chi connectivity index (χ1n) is 6.18. The highest BCUT2D eigenvalue weighted by Crippen LogP contribution is 2.14. The number of pyridine rings is 1. The lowest BCUT2D eigenvalue weighted by atomic mass is 10.2. The Morgan fingerprint density at radius 3 is 2.53 bits per heavy atom. The average molecular weight is 271 g/mol. The van der Waals surface area contributed by atoms with Crippen molar-refractivity contribution in [2.24, 2.45) is 5.73 Å². The molecule has 2 rings (SSSR count). The Hall–Kier alpha value is -1.94. The Morgan fingerprint density at radius 1 is 1.21 bits per heavy atom. The van der Waals surface area contributed by atoms with Crippen LogP contribution in [0.5, 0.6) is 0 Å². The zero-order valence-corrected chi connectivity index (χ0v) is 11.7. The molecule has 19 heavy (non-hydrogen) atoms. The van der Waals surface area contributed by atoms with Crippen LogP contribution < -0.4 is 10.6 Å². The van der Waals surface area contributed by atoms with Crippen LogP contribution in [0.3, 0.4) is 0 Å². The summed E-state index contributed by atoms with van der Waals surface area (Å²) in [5.74, 6) is 0. The van der Waals surface area contributed by atoms with Crippen LogP contribution in [0.4, 0.5) is 5.69 Å². The lowest BCUT2D eigenvalue weighted by molar-refractivity contribution is 0.852. The van der Waals surface area contributed by atoms with Crippen LogP contribution in [0, 0.1) is 0 Å². The zero-order valence-electron chi connectivity index (χ0n) is 10.9. The fourth-order valence-corrected chi connectivity index (χ4v) is 1.97. The molecule has 98 valence electrons. The highest BCUT2D eigenvalue weighted by Gasteiger charge is 2.03. The number of nitrogens with two attached hydrogens (primary N) is 1. The second kappa shape index (κ2) is 6.29. The van der Waals surface area contributed by atoms with E-state index in [1.807, 2.05) is 48.7 Å². The number of anilines is 1. The van der Waals surface area contributed by atoms with Crippen molar-refractivity contribution in [3.63, 3.8) is 0 Å². The van der Waals surface area contributed by atoms with Gasteiger partial charge in [-0.1, -0.05) is 18.3 Å². The molecule has 1 heterocycles. The van der Waals surface area contributed by atoms with Gasteiger partial charge in [0.15, 0.2) is 0 Å². The van der Waals surface area contributed by atoms with Gasteiger partial charge in [0.05, 0.1) is 0 Å². The molecule has 0 atom stereocenters. The lowest BCUT2D eigenvalue weighted by Crippen LogP contribution is -2.20. The first-order chi connectivity index (χ1) is 9.16. The fourth-order valence-electron chi connectivity index (χ4n) is 1.84. The fraction of sp³-hybridized carbons (Fsp3) is 0.200. The third kappa shape index (κ3) is 3.76. The molecule has 0 bridgehead atoms. The molecule has 0 amide bonds. The van der Waals surface area contributed by atoms with E-state index in [-0.39, 0.29) is 0 Å². The third-order valence-corrected chi connectivity index (χ3v) is 3.26. The maximum Gasteiger partial charge on any atom is 0.103 e. The lowest BCUT2D eigenvalue weighted by Gasteiger charge is -2.19. The van der Waals surface area contributed by atoms with Crippen molar-refractivity contribution in [1.29, 1.82) is 0 Å².